The van der Waals surface area contributed by atoms with Crippen LogP contribution in [0.15, 0.2) is 95.9 Å². The zero-order chi connectivity index (χ0) is 24.8. The fourth-order valence-corrected chi connectivity index (χ4v) is 5.24. The quantitative estimate of drug-likeness (QED) is 0.316. The third kappa shape index (κ3) is 5.93. The molecule has 1 amide bonds. The second kappa shape index (κ2) is 10.8. The van der Waals surface area contributed by atoms with Crippen LogP contribution in [0.25, 0.3) is 10.8 Å². The number of hydrogen-bond acceptors (Lipinski definition) is 4. The molecule has 0 saturated heterocycles. The first kappa shape index (κ1) is 24.6. The third-order valence-corrected chi connectivity index (χ3v) is 7.45. The number of sulfonamides is 1. The number of fused-ring (bicyclic) bond motifs is 1. The smallest absolute Gasteiger partial charge is 0.264 e. The van der Waals surface area contributed by atoms with E-state index >= 15 is 0 Å². The Balaban J connectivity index is 1.45. The van der Waals surface area contributed by atoms with Crippen molar-refractivity contribution in [1.82, 2.24) is 5.32 Å². The van der Waals surface area contributed by atoms with Gasteiger partial charge >= 0.3 is 0 Å². The molecule has 6 nitrogen and oxygen atoms in total. The first-order valence-corrected chi connectivity index (χ1v) is 12.9. The van der Waals surface area contributed by atoms with E-state index in [0.717, 1.165) is 26.4 Å². The molecule has 35 heavy (non-hydrogen) atoms. The van der Waals surface area contributed by atoms with Gasteiger partial charge in [-0.05, 0) is 48.7 Å². The molecule has 1 N–H and O–H groups in total. The van der Waals surface area contributed by atoms with Crippen molar-refractivity contribution in [2.24, 2.45) is 0 Å². The Morgan fingerprint density at radius 1 is 0.943 bits per heavy atom. The lowest BCUT2D eigenvalue weighted by atomic mass is 10.1. The van der Waals surface area contributed by atoms with Crippen molar-refractivity contribution >= 4 is 44.0 Å². The van der Waals surface area contributed by atoms with Crippen LogP contribution in [0.3, 0.4) is 0 Å². The molecule has 4 aromatic carbocycles. The molecule has 0 heterocycles. The molecule has 0 aliphatic carbocycles. The summed E-state index contributed by atoms with van der Waals surface area (Å²) in [4.78, 5) is 12.9. The van der Waals surface area contributed by atoms with Crippen LogP contribution in [0.5, 0.6) is 5.75 Å². The molecule has 0 aliphatic heterocycles. The summed E-state index contributed by atoms with van der Waals surface area (Å²) in [7, 11) is -4.00. The highest BCUT2D eigenvalue weighted by Crippen LogP contribution is 2.27. The zero-order valence-corrected chi connectivity index (χ0v) is 20.7. The van der Waals surface area contributed by atoms with Crippen LogP contribution in [-0.2, 0) is 14.8 Å². The fourth-order valence-electron chi connectivity index (χ4n) is 3.64. The van der Waals surface area contributed by atoms with Gasteiger partial charge in [0.15, 0.2) is 0 Å². The maximum absolute atomic E-state index is 13.4. The van der Waals surface area contributed by atoms with Gasteiger partial charge in [0.2, 0.25) is 5.91 Å². The number of nitrogens with zero attached hydrogens (tertiary/aromatic N) is 1. The molecule has 0 saturated carbocycles. The van der Waals surface area contributed by atoms with Crippen LogP contribution < -0.4 is 14.4 Å². The number of carbonyl (C=O) groups excluding carboxylic acids is 1. The van der Waals surface area contributed by atoms with Gasteiger partial charge in [-0.1, -0.05) is 71.8 Å². The summed E-state index contributed by atoms with van der Waals surface area (Å²) in [5.41, 5.74) is 1.24. The second-order valence-corrected chi connectivity index (χ2v) is 10.3. The first-order chi connectivity index (χ1) is 16.8. The van der Waals surface area contributed by atoms with E-state index in [4.69, 9.17) is 16.3 Å². The minimum absolute atomic E-state index is 0.0927. The number of nitrogens with one attached hydrogen (secondary N) is 1. The number of amides is 1. The Labute approximate surface area is 210 Å². The molecule has 8 heteroatoms. The maximum atomic E-state index is 13.4. The van der Waals surface area contributed by atoms with Crippen molar-refractivity contribution in [1.29, 1.82) is 0 Å². The molecular weight excluding hydrogens is 484 g/mol. The molecule has 0 atom stereocenters. The minimum Gasteiger partial charge on any atom is -0.491 e. The fraction of sp³-hybridized carbons (Fsp3) is 0.148. The van der Waals surface area contributed by atoms with E-state index in [0.29, 0.717) is 10.7 Å². The number of halogens is 1. The average Bonchev–Trinajstić information content (AvgIpc) is 2.85. The van der Waals surface area contributed by atoms with Crippen LogP contribution in [0, 0.1) is 6.92 Å². The van der Waals surface area contributed by atoms with E-state index in [2.05, 4.69) is 5.32 Å². The van der Waals surface area contributed by atoms with Gasteiger partial charge in [0.05, 0.1) is 17.1 Å². The standard InChI is InChI=1S/C27H25ClN2O4S/c1-20-12-14-24(15-13-20)35(32,33)30(23-9-5-8-22(28)18-23)19-27(31)29-16-17-34-26-11-4-7-21-6-2-3-10-25(21)26/h2-15,18H,16-17,19H2,1H3,(H,29,31). The van der Waals surface area contributed by atoms with E-state index in [1.54, 1.807) is 30.3 Å². The predicted octanol–water partition coefficient (Wildman–Crippen LogP) is 5.19. The molecule has 0 spiro atoms. The SMILES string of the molecule is Cc1ccc(S(=O)(=O)N(CC(=O)NCCOc2cccc3ccccc23)c2cccc(Cl)c2)cc1. The number of ether oxygens (including phenoxy) is 1. The van der Waals surface area contributed by atoms with E-state index in [9.17, 15) is 13.2 Å². The van der Waals surface area contributed by atoms with Crippen LogP contribution in [-0.4, -0.2) is 34.0 Å². The van der Waals surface area contributed by atoms with E-state index < -0.39 is 22.5 Å². The minimum atomic E-state index is -4.00. The number of aryl methyl sites for hydroxylation is 1. The average molecular weight is 509 g/mol. The lowest BCUT2D eigenvalue weighted by Gasteiger charge is -2.24. The predicted molar refractivity (Wildman–Crippen MR) is 140 cm³/mol. The Morgan fingerprint density at radius 3 is 2.43 bits per heavy atom. The number of rotatable bonds is 9. The molecule has 180 valence electrons. The van der Waals surface area contributed by atoms with Crippen LogP contribution >= 0.6 is 11.6 Å². The topological polar surface area (TPSA) is 75.7 Å². The Hall–Kier alpha value is -3.55. The lowest BCUT2D eigenvalue weighted by molar-refractivity contribution is -0.119. The van der Waals surface area contributed by atoms with Gasteiger partial charge in [-0.2, -0.15) is 0 Å². The summed E-state index contributed by atoms with van der Waals surface area (Å²) in [6.07, 6.45) is 0. The van der Waals surface area contributed by atoms with Crippen LogP contribution in [0.4, 0.5) is 5.69 Å². The third-order valence-electron chi connectivity index (χ3n) is 5.42. The van der Waals surface area contributed by atoms with Crippen molar-refractivity contribution in [2.45, 2.75) is 11.8 Å². The highest BCUT2D eigenvalue weighted by Gasteiger charge is 2.27. The molecule has 0 aromatic heterocycles. The van der Waals surface area contributed by atoms with Gasteiger partial charge in [-0.3, -0.25) is 9.10 Å². The number of carbonyl (C=O) groups is 1. The number of anilines is 1. The molecule has 0 unspecified atom stereocenters. The van der Waals surface area contributed by atoms with Gasteiger partial charge < -0.3 is 10.1 Å². The van der Waals surface area contributed by atoms with Gasteiger partial charge in [0, 0.05) is 10.4 Å². The normalized spacial score (nSPS) is 11.3. The summed E-state index contributed by atoms with van der Waals surface area (Å²) < 4.78 is 33.7. The van der Waals surface area contributed by atoms with Gasteiger partial charge in [0.1, 0.15) is 18.9 Å². The molecular formula is C27H25ClN2O4S. The highest BCUT2D eigenvalue weighted by molar-refractivity contribution is 7.92. The largest absolute Gasteiger partial charge is 0.491 e. The highest BCUT2D eigenvalue weighted by atomic mass is 35.5. The molecule has 4 rings (SSSR count). The summed E-state index contributed by atoms with van der Waals surface area (Å²) >= 11 is 6.11. The molecule has 0 fully saturated rings. The Morgan fingerprint density at radius 2 is 1.66 bits per heavy atom. The summed E-state index contributed by atoms with van der Waals surface area (Å²) in [6, 6.07) is 26.6. The second-order valence-electron chi connectivity index (χ2n) is 7.98. The summed E-state index contributed by atoms with van der Waals surface area (Å²) in [5, 5.41) is 5.16. The van der Waals surface area contributed by atoms with Crippen molar-refractivity contribution in [3.63, 3.8) is 0 Å². The van der Waals surface area contributed by atoms with Crippen molar-refractivity contribution in [2.75, 3.05) is 24.0 Å². The van der Waals surface area contributed by atoms with E-state index in [-0.39, 0.29) is 18.0 Å². The molecule has 0 bridgehead atoms. The Bertz CT molecular complexity index is 1430. The monoisotopic (exact) mass is 508 g/mol. The summed E-state index contributed by atoms with van der Waals surface area (Å²) in [5.74, 6) is 0.266. The lowest BCUT2D eigenvalue weighted by Crippen LogP contribution is -2.41. The summed E-state index contributed by atoms with van der Waals surface area (Å²) in [6.45, 7) is 1.93. The Kier molecular flexibility index (Phi) is 7.58. The number of benzene rings is 4. The van der Waals surface area contributed by atoms with Gasteiger partial charge in [-0.25, -0.2) is 8.42 Å². The van der Waals surface area contributed by atoms with Crippen LogP contribution in [0.2, 0.25) is 5.02 Å². The van der Waals surface area contributed by atoms with E-state index in [1.807, 2.05) is 49.4 Å². The zero-order valence-electron chi connectivity index (χ0n) is 19.1. The molecule has 0 radical (unpaired) electrons. The first-order valence-electron chi connectivity index (χ1n) is 11.1. The molecule has 0 aliphatic rings. The van der Waals surface area contributed by atoms with E-state index in [1.165, 1.54) is 18.2 Å². The number of hydrogen-bond donors (Lipinski definition) is 1. The maximum Gasteiger partial charge on any atom is 0.264 e. The van der Waals surface area contributed by atoms with Crippen molar-refractivity contribution < 1.29 is 17.9 Å². The van der Waals surface area contributed by atoms with Crippen molar-refractivity contribution in [3.05, 3.63) is 102 Å². The van der Waals surface area contributed by atoms with Crippen LogP contribution in [0.1, 0.15) is 5.56 Å². The van der Waals surface area contributed by atoms with Crippen molar-refractivity contribution in [3.8, 4) is 5.75 Å². The van der Waals surface area contributed by atoms with Gasteiger partial charge in [0.25, 0.3) is 10.0 Å². The van der Waals surface area contributed by atoms with Gasteiger partial charge in [-0.15, -0.1) is 0 Å². The molecule has 4 aromatic rings.